The Morgan fingerprint density at radius 2 is 2.00 bits per heavy atom. The van der Waals surface area contributed by atoms with Crippen molar-refractivity contribution in [3.63, 3.8) is 0 Å². The van der Waals surface area contributed by atoms with Crippen LogP contribution in [0, 0.1) is 13.8 Å². The monoisotopic (exact) mass is 225 g/mol. The number of aromatic nitrogens is 1. The van der Waals surface area contributed by atoms with E-state index in [0.29, 0.717) is 6.04 Å². The molecule has 0 saturated carbocycles. The van der Waals surface area contributed by atoms with Crippen molar-refractivity contribution in [3.8, 4) is 0 Å². The molecule has 0 saturated heterocycles. The van der Waals surface area contributed by atoms with E-state index in [4.69, 9.17) is 4.42 Å². The third kappa shape index (κ3) is 4.77. The summed E-state index contributed by atoms with van der Waals surface area (Å²) in [5.41, 5.74) is 0.991. The second-order valence-electron chi connectivity index (χ2n) is 4.38. The maximum atomic E-state index is 5.47. The van der Waals surface area contributed by atoms with Crippen LogP contribution in [0.1, 0.15) is 37.6 Å². The van der Waals surface area contributed by atoms with Crippen molar-refractivity contribution in [2.45, 2.75) is 46.7 Å². The predicted octanol–water partition coefficient (Wildman–Crippen LogP) is 1.77. The highest BCUT2D eigenvalue weighted by molar-refractivity contribution is 5.06. The van der Waals surface area contributed by atoms with Crippen LogP contribution < -0.4 is 10.6 Å². The topological polar surface area (TPSA) is 50.1 Å². The van der Waals surface area contributed by atoms with Crippen LogP contribution in [0.3, 0.4) is 0 Å². The molecule has 0 aliphatic carbocycles. The van der Waals surface area contributed by atoms with Gasteiger partial charge in [-0.3, -0.25) is 0 Å². The molecule has 0 unspecified atom stereocenters. The summed E-state index contributed by atoms with van der Waals surface area (Å²) in [7, 11) is 0. The van der Waals surface area contributed by atoms with Crippen molar-refractivity contribution >= 4 is 0 Å². The number of rotatable bonds is 7. The average molecular weight is 225 g/mol. The molecule has 2 N–H and O–H groups in total. The molecule has 0 aliphatic heterocycles. The largest absolute Gasteiger partial charge is 0.444 e. The molecule has 1 aromatic heterocycles. The van der Waals surface area contributed by atoms with Gasteiger partial charge in [-0.1, -0.05) is 13.8 Å². The molecule has 16 heavy (non-hydrogen) atoms. The first-order chi connectivity index (χ1) is 7.59. The van der Waals surface area contributed by atoms with E-state index >= 15 is 0 Å². The van der Waals surface area contributed by atoms with Crippen LogP contribution >= 0.6 is 0 Å². The summed E-state index contributed by atoms with van der Waals surface area (Å²) >= 11 is 0. The molecule has 0 atom stereocenters. The fourth-order valence-electron chi connectivity index (χ4n) is 1.54. The first-order valence-electron chi connectivity index (χ1n) is 5.96. The summed E-state index contributed by atoms with van der Waals surface area (Å²) < 4.78 is 5.47. The zero-order chi connectivity index (χ0) is 12.0. The molecule has 0 fully saturated rings. The van der Waals surface area contributed by atoms with Crippen molar-refractivity contribution < 1.29 is 4.42 Å². The number of oxazole rings is 1. The summed E-state index contributed by atoms with van der Waals surface area (Å²) in [6.45, 7) is 11.0. The number of hydrogen-bond donors (Lipinski definition) is 2. The van der Waals surface area contributed by atoms with Crippen molar-refractivity contribution in [2.75, 3.05) is 13.1 Å². The molecule has 4 nitrogen and oxygen atoms in total. The van der Waals surface area contributed by atoms with Gasteiger partial charge in [-0.2, -0.15) is 0 Å². The van der Waals surface area contributed by atoms with Crippen molar-refractivity contribution in [2.24, 2.45) is 0 Å². The molecule has 0 amide bonds. The first kappa shape index (κ1) is 13.2. The highest BCUT2D eigenvalue weighted by Crippen LogP contribution is 2.08. The molecule has 0 aliphatic rings. The van der Waals surface area contributed by atoms with Gasteiger partial charge in [-0.15, -0.1) is 0 Å². The van der Waals surface area contributed by atoms with Crippen molar-refractivity contribution in [3.05, 3.63) is 17.3 Å². The van der Waals surface area contributed by atoms with E-state index in [1.165, 1.54) is 0 Å². The molecular weight excluding hydrogens is 202 g/mol. The minimum Gasteiger partial charge on any atom is -0.444 e. The predicted molar refractivity (Wildman–Crippen MR) is 65.4 cm³/mol. The van der Waals surface area contributed by atoms with Crippen LogP contribution in [0.15, 0.2) is 4.42 Å². The van der Waals surface area contributed by atoms with Gasteiger partial charge in [0.25, 0.3) is 0 Å². The maximum absolute atomic E-state index is 5.47. The minimum atomic E-state index is 0.569. The van der Waals surface area contributed by atoms with Gasteiger partial charge in [0.2, 0.25) is 0 Å². The van der Waals surface area contributed by atoms with Crippen LogP contribution in [0.2, 0.25) is 0 Å². The van der Waals surface area contributed by atoms with Crippen LogP contribution in [-0.2, 0) is 6.54 Å². The molecule has 0 aromatic carbocycles. The van der Waals surface area contributed by atoms with Crippen molar-refractivity contribution in [1.29, 1.82) is 0 Å². The molecule has 0 bridgehead atoms. The van der Waals surface area contributed by atoms with E-state index in [-0.39, 0.29) is 0 Å². The molecule has 1 heterocycles. The van der Waals surface area contributed by atoms with Gasteiger partial charge in [0.05, 0.1) is 12.2 Å². The SMILES string of the molecule is Cc1nc(C)c(CNCCCNC(C)C)o1. The lowest BCUT2D eigenvalue weighted by molar-refractivity contribution is 0.450. The van der Waals surface area contributed by atoms with Gasteiger partial charge in [0.15, 0.2) is 5.89 Å². The molecule has 0 radical (unpaired) electrons. The first-order valence-corrected chi connectivity index (χ1v) is 5.96. The molecule has 1 aromatic rings. The fourth-order valence-corrected chi connectivity index (χ4v) is 1.54. The Balaban J connectivity index is 2.09. The van der Waals surface area contributed by atoms with Gasteiger partial charge >= 0.3 is 0 Å². The Kier molecular flexibility index (Phi) is 5.49. The van der Waals surface area contributed by atoms with E-state index in [2.05, 4.69) is 29.5 Å². The Bertz CT molecular complexity index is 307. The van der Waals surface area contributed by atoms with Gasteiger partial charge in [0, 0.05) is 13.0 Å². The van der Waals surface area contributed by atoms with Gasteiger partial charge in [-0.25, -0.2) is 4.98 Å². The second kappa shape index (κ2) is 6.66. The van der Waals surface area contributed by atoms with Gasteiger partial charge < -0.3 is 15.1 Å². The van der Waals surface area contributed by atoms with E-state index in [9.17, 15) is 0 Å². The summed E-state index contributed by atoms with van der Waals surface area (Å²) in [6.07, 6.45) is 1.13. The Labute approximate surface area is 97.8 Å². The van der Waals surface area contributed by atoms with Crippen LogP contribution in [0.25, 0.3) is 0 Å². The summed E-state index contributed by atoms with van der Waals surface area (Å²) in [5.74, 6) is 1.70. The van der Waals surface area contributed by atoms with E-state index in [1.54, 1.807) is 0 Å². The number of nitrogens with one attached hydrogen (secondary N) is 2. The molecule has 4 heteroatoms. The van der Waals surface area contributed by atoms with Crippen LogP contribution in [0.4, 0.5) is 0 Å². The van der Waals surface area contributed by atoms with Gasteiger partial charge in [0.1, 0.15) is 5.76 Å². The molecule has 0 spiro atoms. The lowest BCUT2D eigenvalue weighted by atomic mass is 10.3. The number of hydrogen-bond acceptors (Lipinski definition) is 4. The lowest BCUT2D eigenvalue weighted by Gasteiger charge is -2.07. The van der Waals surface area contributed by atoms with Gasteiger partial charge in [-0.05, 0) is 26.4 Å². The molecule has 1 rings (SSSR count). The summed E-state index contributed by atoms with van der Waals surface area (Å²) in [4.78, 5) is 4.23. The zero-order valence-electron chi connectivity index (χ0n) is 10.8. The Morgan fingerprint density at radius 1 is 1.25 bits per heavy atom. The highest BCUT2D eigenvalue weighted by Gasteiger charge is 2.05. The molecule has 92 valence electrons. The van der Waals surface area contributed by atoms with Crippen LogP contribution in [0.5, 0.6) is 0 Å². The maximum Gasteiger partial charge on any atom is 0.191 e. The fraction of sp³-hybridized carbons (Fsp3) is 0.750. The third-order valence-electron chi connectivity index (χ3n) is 2.37. The summed E-state index contributed by atoms with van der Waals surface area (Å²) in [6, 6.07) is 0.569. The van der Waals surface area contributed by atoms with Crippen LogP contribution in [-0.4, -0.2) is 24.1 Å². The zero-order valence-corrected chi connectivity index (χ0v) is 10.8. The second-order valence-corrected chi connectivity index (χ2v) is 4.38. The number of nitrogens with zero attached hydrogens (tertiary/aromatic N) is 1. The number of aryl methyl sites for hydroxylation is 2. The quantitative estimate of drug-likeness (QED) is 0.694. The Morgan fingerprint density at radius 3 is 2.56 bits per heavy atom. The summed E-state index contributed by atoms with van der Waals surface area (Å²) in [5, 5.41) is 6.74. The Hall–Kier alpha value is -0.870. The highest BCUT2D eigenvalue weighted by atomic mass is 16.4. The van der Waals surface area contributed by atoms with E-state index < -0.39 is 0 Å². The lowest BCUT2D eigenvalue weighted by Crippen LogP contribution is -2.26. The minimum absolute atomic E-state index is 0.569. The standard InChI is InChI=1S/C12H23N3O/c1-9(2)14-7-5-6-13-8-12-10(3)15-11(4)16-12/h9,13-14H,5-8H2,1-4H3. The van der Waals surface area contributed by atoms with E-state index in [0.717, 1.165) is 43.4 Å². The van der Waals surface area contributed by atoms with Crippen molar-refractivity contribution in [1.82, 2.24) is 15.6 Å². The average Bonchev–Trinajstić information content (AvgIpc) is 2.50. The normalized spacial score (nSPS) is 11.3. The third-order valence-corrected chi connectivity index (χ3v) is 2.37. The smallest absolute Gasteiger partial charge is 0.191 e. The molecular formula is C12H23N3O. The van der Waals surface area contributed by atoms with E-state index in [1.807, 2.05) is 13.8 Å².